The van der Waals surface area contributed by atoms with Gasteiger partial charge in [0.25, 0.3) is 7.37 Å². The van der Waals surface area contributed by atoms with Crippen LogP contribution in [0.25, 0.3) is 0 Å². The number of ketones is 1. The van der Waals surface area contributed by atoms with Gasteiger partial charge in [0.05, 0.1) is 0 Å². The van der Waals surface area contributed by atoms with E-state index in [2.05, 4.69) is 0 Å². The Bertz CT molecular complexity index is 952. The number of benzene rings is 2. The second-order valence-electron chi connectivity index (χ2n) is 7.72. The van der Waals surface area contributed by atoms with Crippen LogP contribution in [-0.4, -0.2) is 11.9 Å². The minimum atomic E-state index is -3.53. The first kappa shape index (κ1) is 20.5. The van der Waals surface area contributed by atoms with Gasteiger partial charge in [-0.15, -0.1) is 0 Å². The molecule has 4 heteroatoms. The number of aryl methyl sites for hydroxylation is 6. The Kier molecular flexibility index (Phi) is 5.61. The molecule has 3 nitrogen and oxygen atoms in total. The summed E-state index contributed by atoms with van der Waals surface area (Å²) in [5, 5.41) is 1.40. The van der Waals surface area contributed by atoms with Crippen LogP contribution in [0, 0.1) is 41.5 Å². The lowest BCUT2D eigenvalue weighted by atomic mass is 10.1. The molecule has 0 heterocycles. The molecule has 0 aromatic heterocycles. The van der Waals surface area contributed by atoms with Gasteiger partial charge in [0, 0.05) is 10.6 Å². The fraction of sp³-hybridized carbons (Fsp3) is 0.292. The summed E-state index contributed by atoms with van der Waals surface area (Å²) in [4.78, 5) is 12.4. The molecule has 0 radical (unpaired) electrons. The normalized spacial score (nSPS) is 16.6. The molecule has 0 bridgehead atoms. The molecule has 1 atom stereocenters. The molecule has 2 aromatic rings. The maximum atomic E-state index is 14.7. The number of allylic oxidation sites excluding steroid dienone is 2. The average Bonchev–Trinajstić information content (AvgIpc) is 2.54. The van der Waals surface area contributed by atoms with Gasteiger partial charge in [-0.25, -0.2) is 0 Å². The SMILES string of the molecule is Cc1cc(C)c(P(=O)(OC2C=CC=CC2=O)c2c(C)cc(C)cc2C)c(C)c1. The van der Waals surface area contributed by atoms with Crippen molar-refractivity contribution in [2.24, 2.45) is 0 Å². The third kappa shape index (κ3) is 3.70. The minimum Gasteiger partial charge on any atom is -0.306 e. The van der Waals surface area contributed by atoms with Crippen LogP contribution in [0.5, 0.6) is 0 Å². The third-order valence-corrected chi connectivity index (χ3v) is 8.17. The molecule has 1 aliphatic rings. The summed E-state index contributed by atoms with van der Waals surface area (Å²) >= 11 is 0. The van der Waals surface area contributed by atoms with E-state index in [-0.39, 0.29) is 5.78 Å². The highest BCUT2D eigenvalue weighted by molar-refractivity contribution is 7.74. The number of rotatable bonds is 4. The molecule has 146 valence electrons. The zero-order chi connectivity index (χ0) is 20.6. The van der Waals surface area contributed by atoms with Crippen LogP contribution in [0.15, 0.2) is 48.6 Å². The van der Waals surface area contributed by atoms with Crippen molar-refractivity contribution in [3.63, 3.8) is 0 Å². The van der Waals surface area contributed by atoms with Gasteiger partial charge < -0.3 is 4.52 Å². The zero-order valence-corrected chi connectivity index (χ0v) is 18.3. The van der Waals surface area contributed by atoms with E-state index in [1.165, 1.54) is 6.08 Å². The first-order chi connectivity index (χ1) is 13.1. The van der Waals surface area contributed by atoms with Crippen LogP contribution >= 0.6 is 7.37 Å². The second kappa shape index (κ2) is 7.66. The fourth-order valence-corrected chi connectivity index (χ4v) is 7.29. The Morgan fingerprint density at radius 3 is 1.57 bits per heavy atom. The van der Waals surface area contributed by atoms with Crippen LogP contribution in [0.3, 0.4) is 0 Å². The predicted octanol–water partition coefficient (Wildman–Crippen LogP) is 4.85. The molecule has 28 heavy (non-hydrogen) atoms. The Hall–Kier alpha value is -2.22. The molecule has 0 fully saturated rings. The predicted molar refractivity (Wildman–Crippen MR) is 116 cm³/mol. The van der Waals surface area contributed by atoms with Crippen LogP contribution in [-0.2, 0) is 13.9 Å². The Morgan fingerprint density at radius 2 is 1.18 bits per heavy atom. The average molecular weight is 394 g/mol. The van der Waals surface area contributed by atoms with E-state index in [9.17, 15) is 9.36 Å². The van der Waals surface area contributed by atoms with Crippen molar-refractivity contribution in [1.29, 1.82) is 0 Å². The topological polar surface area (TPSA) is 43.4 Å². The molecule has 3 rings (SSSR count). The Balaban J connectivity index is 2.30. The van der Waals surface area contributed by atoms with Crippen molar-refractivity contribution in [2.75, 3.05) is 0 Å². The maximum Gasteiger partial charge on any atom is 0.263 e. The molecule has 1 aliphatic carbocycles. The Morgan fingerprint density at radius 1 is 0.750 bits per heavy atom. The van der Waals surface area contributed by atoms with E-state index in [0.29, 0.717) is 10.6 Å². The van der Waals surface area contributed by atoms with Gasteiger partial charge in [0.1, 0.15) is 6.10 Å². The monoisotopic (exact) mass is 394 g/mol. The van der Waals surface area contributed by atoms with E-state index < -0.39 is 13.5 Å². The lowest BCUT2D eigenvalue weighted by Gasteiger charge is -2.29. The summed E-state index contributed by atoms with van der Waals surface area (Å²) in [6.07, 6.45) is 5.74. The highest BCUT2D eigenvalue weighted by Gasteiger charge is 2.38. The molecular formula is C24H27O3P. The molecule has 0 spiro atoms. The van der Waals surface area contributed by atoms with Crippen LogP contribution < -0.4 is 10.6 Å². The van der Waals surface area contributed by atoms with Gasteiger partial charge in [0.15, 0.2) is 5.78 Å². The summed E-state index contributed by atoms with van der Waals surface area (Å²) < 4.78 is 20.9. The molecule has 0 amide bonds. The zero-order valence-electron chi connectivity index (χ0n) is 17.4. The summed E-state index contributed by atoms with van der Waals surface area (Å²) in [5.74, 6) is -0.187. The van der Waals surface area contributed by atoms with Gasteiger partial charge >= 0.3 is 0 Å². The van der Waals surface area contributed by atoms with Crippen LogP contribution in [0.2, 0.25) is 0 Å². The van der Waals surface area contributed by atoms with Crippen LogP contribution in [0.1, 0.15) is 33.4 Å². The first-order valence-electron chi connectivity index (χ1n) is 9.47. The highest BCUT2D eigenvalue weighted by atomic mass is 31.2. The van der Waals surface area contributed by atoms with Gasteiger partial charge in [-0.05, 0) is 75.9 Å². The van der Waals surface area contributed by atoms with E-state index >= 15 is 0 Å². The number of hydrogen-bond acceptors (Lipinski definition) is 3. The van der Waals surface area contributed by atoms with Gasteiger partial charge in [-0.2, -0.15) is 0 Å². The largest absolute Gasteiger partial charge is 0.306 e. The minimum absolute atomic E-state index is 0.187. The lowest BCUT2D eigenvalue weighted by Crippen LogP contribution is -2.31. The summed E-state index contributed by atoms with van der Waals surface area (Å²) in [7, 11) is -3.53. The van der Waals surface area contributed by atoms with Gasteiger partial charge in [0.2, 0.25) is 0 Å². The summed E-state index contributed by atoms with van der Waals surface area (Å²) in [5.41, 5.74) is 5.90. The maximum absolute atomic E-state index is 14.7. The Labute approximate surface area is 167 Å². The van der Waals surface area contributed by atoms with E-state index in [4.69, 9.17) is 4.52 Å². The number of carbonyl (C=O) groups is 1. The van der Waals surface area contributed by atoms with Crippen molar-refractivity contribution in [1.82, 2.24) is 0 Å². The van der Waals surface area contributed by atoms with Crippen LogP contribution in [0.4, 0.5) is 0 Å². The van der Waals surface area contributed by atoms with Crippen molar-refractivity contribution in [2.45, 2.75) is 47.6 Å². The van der Waals surface area contributed by atoms with E-state index in [1.54, 1.807) is 18.2 Å². The van der Waals surface area contributed by atoms with Gasteiger partial charge in [-0.1, -0.05) is 47.5 Å². The fourth-order valence-electron chi connectivity index (χ4n) is 4.24. The van der Waals surface area contributed by atoms with Crippen molar-refractivity contribution in [3.8, 4) is 0 Å². The summed E-state index contributed by atoms with van der Waals surface area (Å²) in [6, 6.07) is 8.09. The van der Waals surface area contributed by atoms with E-state index in [1.807, 2.05) is 65.8 Å². The van der Waals surface area contributed by atoms with Crippen molar-refractivity contribution in [3.05, 3.63) is 82.0 Å². The molecule has 0 saturated heterocycles. The third-order valence-electron chi connectivity index (χ3n) is 5.06. The quantitative estimate of drug-likeness (QED) is 0.697. The molecule has 0 aliphatic heterocycles. The molecule has 0 N–H and O–H groups in total. The van der Waals surface area contributed by atoms with Crippen molar-refractivity contribution < 1.29 is 13.9 Å². The summed E-state index contributed by atoms with van der Waals surface area (Å²) in [6.45, 7) is 11.9. The van der Waals surface area contributed by atoms with Gasteiger partial charge in [-0.3, -0.25) is 9.36 Å². The number of hydrogen-bond donors (Lipinski definition) is 0. The molecular weight excluding hydrogens is 367 g/mol. The molecule has 2 aromatic carbocycles. The van der Waals surface area contributed by atoms with E-state index in [0.717, 1.165) is 33.4 Å². The second-order valence-corrected chi connectivity index (χ2v) is 9.93. The molecule has 0 saturated carbocycles. The lowest BCUT2D eigenvalue weighted by molar-refractivity contribution is -0.119. The molecule has 1 unspecified atom stereocenters. The first-order valence-corrected chi connectivity index (χ1v) is 11.1. The highest BCUT2D eigenvalue weighted by Crippen LogP contribution is 2.50. The number of carbonyl (C=O) groups excluding carboxylic acids is 1. The van der Waals surface area contributed by atoms with Crippen molar-refractivity contribution >= 4 is 23.8 Å². The standard InChI is InChI=1S/C24H27O3P/c1-15-11-17(3)23(18(4)12-15)28(26,27-22-10-8-7-9-21(22)25)24-19(5)13-16(2)14-20(24)6/h7-14,22H,1-6H3. The smallest absolute Gasteiger partial charge is 0.263 e.